The highest BCUT2D eigenvalue weighted by Crippen LogP contribution is 2.28. The van der Waals surface area contributed by atoms with E-state index >= 15 is 0 Å². The van der Waals surface area contributed by atoms with Crippen LogP contribution in [0.1, 0.15) is 48.5 Å². The molecule has 2 aromatic rings. The van der Waals surface area contributed by atoms with Crippen LogP contribution in [0.3, 0.4) is 0 Å². The van der Waals surface area contributed by atoms with Crippen molar-refractivity contribution in [2.45, 2.75) is 45.2 Å². The molecular weight excluding hydrogens is 400 g/mol. The third-order valence-corrected chi connectivity index (χ3v) is 5.86. The van der Waals surface area contributed by atoms with E-state index in [1.165, 1.54) is 0 Å². The number of amides is 1. The standard InChI is InChI=1S/C24H30N2O3.ClH/c1-16(27)17-4-6-18(7-5-17)20-10-13-23(29-3)21(14-20)15-26-24(28)19-8-11-22(25-2)12-9-19;/h4-7,10,13-14,19,22,25H,8-9,11-12,15H2,1-3H3,(H,26,28);1H. The van der Waals surface area contributed by atoms with Crippen molar-refractivity contribution in [1.82, 2.24) is 10.6 Å². The Labute approximate surface area is 185 Å². The maximum absolute atomic E-state index is 12.6. The van der Waals surface area contributed by atoms with E-state index in [9.17, 15) is 9.59 Å². The van der Waals surface area contributed by atoms with Gasteiger partial charge < -0.3 is 15.4 Å². The van der Waals surface area contributed by atoms with Gasteiger partial charge in [0.2, 0.25) is 5.91 Å². The van der Waals surface area contributed by atoms with Crippen molar-refractivity contribution < 1.29 is 14.3 Å². The van der Waals surface area contributed by atoms with E-state index in [4.69, 9.17) is 4.74 Å². The van der Waals surface area contributed by atoms with E-state index < -0.39 is 0 Å². The average Bonchev–Trinajstić information content (AvgIpc) is 2.77. The van der Waals surface area contributed by atoms with E-state index in [0.717, 1.165) is 48.1 Å². The highest BCUT2D eigenvalue weighted by Gasteiger charge is 2.25. The third kappa shape index (κ3) is 5.83. The zero-order valence-corrected chi connectivity index (χ0v) is 18.7. The number of ether oxygens (including phenoxy) is 1. The zero-order valence-electron chi connectivity index (χ0n) is 17.9. The summed E-state index contributed by atoms with van der Waals surface area (Å²) < 4.78 is 5.49. The lowest BCUT2D eigenvalue weighted by Crippen LogP contribution is -2.37. The molecule has 1 aliphatic rings. The molecule has 5 nitrogen and oxygen atoms in total. The van der Waals surface area contributed by atoms with Gasteiger partial charge in [-0.05, 0) is 62.9 Å². The smallest absolute Gasteiger partial charge is 0.223 e. The van der Waals surface area contributed by atoms with E-state index in [1.807, 2.05) is 49.5 Å². The van der Waals surface area contributed by atoms with E-state index in [-0.39, 0.29) is 30.0 Å². The van der Waals surface area contributed by atoms with Crippen LogP contribution in [0.4, 0.5) is 0 Å². The quantitative estimate of drug-likeness (QED) is 0.639. The van der Waals surface area contributed by atoms with Crippen LogP contribution in [0, 0.1) is 5.92 Å². The Bertz CT molecular complexity index is 859. The minimum absolute atomic E-state index is 0. The molecule has 3 rings (SSSR count). The Morgan fingerprint density at radius 1 is 1.00 bits per heavy atom. The second kappa shape index (κ2) is 11.1. The lowest BCUT2D eigenvalue weighted by molar-refractivity contribution is -0.126. The fraction of sp³-hybridized carbons (Fsp3) is 0.417. The number of carbonyl (C=O) groups excluding carboxylic acids is 2. The summed E-state index contributed by atoms with van der Waals surface area (Å²) in [4.78, 5) is 24.1. The molecule has 1 fully saturated rings. The summed E-state index contributed by atoms with van der Waals surface area (Å²) in [6.45, 7) is 2.00. The molecule has 0 saturated heterocycles. The number of methoxy groups -OCH3 is 1. The van der Waals surface area contributed by atoms with Crippen molar-refractivity contribution in [3.8, 4) is 16.9 Å². The van der Waals surface area contributed by atoms with Crippen LogP contribution in [0.5, 0.6) is 5.75 Å². The minimum atomic E-state index is 0. The SMILES string of the molecule is CNC1CCC(C(=O)NCc2cc(-c3ccc(C(C)=O)cc3)ccc2OC)CC1.Cl. The Hall–Kier alpha value is -2.37. The van der Waals surface area contributed by atoms with Gasteiger partial charge in [0.15, 0.2) is 5.78 Å². The predicted molar refractivity (Wildman–Crippen MR) is 122 cm³/mol. The number of halogens is 1. The van der Waals surface area contributed by atoms with Crippen LogP contribution in [0.25, 0.3) is 11.1 Å². The second-order valence-corrected chi connectivity index (χ2v) is 7.72. The van der Waals surface area contributed by atoms with Crippen molar-refractivity contribution in [2.75, 3.05) is 14.2 Å². The Morgan fingerprint density at radius 3 is 2.20 bits per heavy atom. The Morgan fingerprint density at radius 2 is 1.63 bits per heavy atom. The van der Waals surface area contributed by atoms with Crippen molar-refractivity contribution in [3.05, 3.63) is 53.6 Å². The molecule has 0 spiro atoms. The number of nitrogens with one attached hydrogen (secondary N) is 2. The first-order valence-corrected chi connectivity index (χ1v) is 10.2. The molecule has 0 heterocycles. The number of rotatable bonds is 7. The zero-order chi connectivity index (χ0) is 20.8. The van der Waals surface area contributed by atoms with Crippen LogP contribution in [0.2, 0.25) is 0 Å². The monoisotopic (exact) mass is 430 g/mol. The summed E-state index contributed by atoms with van der Waals surface area (Å²) in [6, 6.07) is 14.1. The van der Waals surface area contributed by atoms with Crippen LogP contribution >= 0.6 is 12.4 Å². The van der Waals surface area contributed by atoms with Crippen molar-refractivity contribution in [1.29, 1.82) is 0 Å². The summed E-state index contributed by atoms with van der Waals surface area (Å²) in [5.41, 5.74) is 3.69. The number of Topliss-reactive ketones (excluding diaryl/α,β-unsaturated/α-hetero) is 1. The summed E-state index contributed by atoms with van der Waals surface area (Å²) >= 11 is 0. The maximum Gasteiger partial charge on any atom is 0.223 e. The molecular formula is C24H31ClN2O3. The van der Waals surface area contributed by atoms with Gasteiger partial charge in [-0.2, -0.15) is 0 Å². The van der Waals surface area contributed by atoms with Gasteiger partial charge in [-0.1, -0.05) is 30.3 Å². The molecule has 0 radical (unpaired) electrons. The highest BCUT2D eigenvalue weighted by atomic mass is 35.5. The van der Waals surface area contributed by atoms with Crippen LogP contribution < -0.4 is 15.4 Å². The topological polar surface area (TPSA) is 67.4 Å². The maximum atomic E-state index is 12.6. The molecule has 2 aromatic carbocycles. The first-order valence-electron chi connectivity index (χ1n) is 10.2. The van der Waals surface area contributed by atoms with E-state index in [0.29, 0.717) is 18.2 Å². The van der Waals surface area contributed by atoms with Gasteiger partial charge in [-0.15, -0.1) is 12.4 Å². The number of hydrogen-bond donors (Lipinski definition) is 2. The van der Waals surface area contributed by atoms with Gasteiger partial charge in [-0.3, -0.25) is 9.59 Å². The van der Waals surface area contributed by atoms with Gasteiger partial charge in [0.05, 0.1) is 7.11 Å². The summed E-state index contributed by atoms with van der Waals surface area (Å²) in [5, 5.41) is 6.40. The molecule has 0 bridgehead atoms. The molecule has 0 unspecified atom stereocenters. The van der Waals surface area contributed by atoms with Gasteiger partial charge in [0, 0.05) is 29.6 Å². The molecule has 0 atom stereocenters. The normalized spacial score (nSPS) is 18.2. The third-order valence-electron chi connectivity index (χ3n) is 5.86. The van der Waals surface area contributed by atoms with E-state index in [1.54, 1.807) is 14.0 Å². The lowest BCUT2D eigenvalue weighted by Gasteiger charge is -2.27. The van der Waals surface area contributed by atoms with Crippen molar-refractivity contribution in [2.24, 2.45) is 5.92 Å². The molecule has 0 aliphatic heterocycles. The largest absolute Gasteiger partial charge is 0.496 e. The Balaban J connectivity index is 0.00000320. The van der Waals surface area contributed by atoms with Gasteiger partial charge in [0.1, 0.15) is 5.75 Å². The fourth-order valence-electron chi connectivity index (χ4n) is 3.96. The molecule has 0 aromatic heterocycles. The molecule has 30 heavy (non-hydrogen) atoms. The minimum Gasteiger partial charge on any atom is -0.496 e. The first-order chi connectivity index (χ1) is 14.0. The van der Waals surface area contributed by atoms with Gasteiger partial charge in [0.25, 0.3) is 0 Å². The summed E-state index contributed by atoms with van der Waals surface area (Å²) in [6.07, 6.45) is 3.95. The fourth-order valence-corrected chi connectivity index (χ4v) is 3.96. The molecule has 1 amide bonds. The molecule has 2 N–H and O–H groups in total. The van der Waals surface area contributed by atoms with E-state index in [2.05, 4.69) is 10.6 Å². The molecule has 1 saturated carbocycles. The first kappa shape index (κ1) is 23.9. The van der Waals surface area contributed by atoms with Crippen molar-refractivity contribution >= 4 is 24.1 Å². The van der Waals surface area contributed by atoms with Gasteiger partial charge in [-0.25, -0.2) is 0 Å². The molecule has 6 heteroatoms. The van der Waals surface area contributed by atoms with Crippen LogP contribution in [-0.2, 0) is 11.3 Å². The average molecular weight is 431 g/mol. The number of benzene rings is 2. The van der Waals surface area contributed by atoms with Crippen LogP contribution in [-0.4, -0.2) is 31.9 Å². The number of carbonyl (C=O) groups is 2. The summed E-state index contributed by atoms with van der Waals surface area (Å²) in [7, 11) is 3.62. The Kier molecular flexibility index (Phi) is 8.88. The number of hydrogen-bond acceptors (Lipinski definition) is 4. The molecule has 1 aliphatic carbocycles. The second-order valence-electron chi connectivity index (χ2n) is 7.72. The van der Waals surface area contributed by atoms with Gasteiger partial charge >= 0.3 is 0 Å². The molecule has 162 valence electrons. The van der Waals surface area contributed by atoms with Crippen molar-refractivity contribution in [3.63, 3.8) is 0 Å². The number of ketones is 1. The summed E-state index contributed by atoms with van der Waals surface area (Å²) in [5.74, 6) is 1.03. The lowest BCUT2D eigenvalue weighted by atomic mass is 9.85. The highest BCUT2D eigenvalue weighted by molar-refractivity contribution is 5.94. The van der Waals surface area contributed by atoms with Crippen LogP contribution in [0.15, 0.2) is 42.5 Å². The predicted octanol–water partition coefficient (Wildman–Crippen LogP) is 4.38.